The van der Waals surface area contributed by atoms with Crippen LogP contribution in [0, 0.1) is 0 Å². The van der Waals surface area contributed by atoms with Crippen molar-refractivity contribution < 1.29 is 4.79 Å². The molecule has 0 saturated heterocycles. The van der Waals surface area contributed by atoms with Gasteiger partial charge in [-0.25, -0.2) is 4.79 Å². The lowest BCUT2D eigenvalue weighted by Crippen LogP contribution is -2.30. The van der Waals surface area contributed by atoms with Crippen molar-refractivity contribution >= 4 is 34.9 Å². The minimum atomic E-state index is -0.270. The predicted octanol–water partition coefficient (Wildman–Crippen LogP) is 2.70. The zero-order chi connectivity index (χ0) is 10.4. The van der Waals surface area contributed by atoms with Crippen molar-refractivity contribution in [3.8, 4) is 0 Å². The summed E-state index contributed by atoms with van der Waals surface area (Å²) in [6.07, 6.45) is 0. The first-order chi connectivity index (χ1) is 6.72. The maximum Gasteiger partial charge on any atom is 0.319 e. The third kappa shape index (κ3) is 3.85. The summed E-state index contributed by atoms with van der Waals surface area (Å²) in [4.78, 5) is 11.1. The van der Waals surface area contributed by atoms with Gasteiger partial charge in [-0.15, -0.1) is 11.6 Å². The summed E-state index contributed by atoms with van der Waals surface area (Å²) in [5.41, 5.74) is 0.696. The molecule has 1 rings (SSSR count). The fourth-order valence-corrected chi connectivity index (χ4v) is 1.09. The van der Waals surface area contributed by atoms with E-state index in [4.69, 9.17) is 23.2 Å². The molecule has 3 nitrogen and oxygen atoms in total. The van der Waals surface area contributed by atoms with Gasteiger partial charge in [-0.2, -0.15) is 0 Å². The number of hydrogen-bond acceptors (Lipinski definition) is 1. The molecule has 0 unspecified atom stereocenters. The average molecular weight is 233 g/mol. The second-order valence-corrected chi connectivity index (χ2v) is 3.39. The van der Waals surface area contributed by atoms with E-state index in [0.717, 1.165) is 0 Å². The van der Waals surface area contributed by atoms with Crippen LogP contribution in [-0.2, 0) is 0 Å². The summed E-state index contributed by atoms with van der Waals surface area (Å²) in [6, 6.07) is 6.59. The van der Waals surface area contributed by atoms with E-state index in [1.165, 1.54) is 0 Å². The van der Waals surface area contributed by atoms with Crippen molar-refractivity contribution in [2.45, 2.75) is 0 Å². The standard InChI is InChI=1S/C9H10Cl2N2O/c10-5-6-12-9(14)13-8-3-1-7(11)2-4-8/h1-4H,5-6H2,(H2,12,13,14). The molecular formula is C9H10Cl2N2O. The van der Waals surface area contributed by atoms with Gasteiger partial charge >= 0.3 is 6.03 Å². The molecule has 5 heteroatoms. The summed E-state index contributed by atoms with van der Waals surface area (Å²) in [5, 5.41) is 5.85. The first-order valence-electron chi connectivity index (χ1n) is 4.09. The molecule has 0 aromatic heterocycles. The highest BCUT2D eigenvalue weighted by atomic mass is 35.5. The van der Waals surface area contributed by atoms with Crippen LogP contribution >= 0.6 is 23.2 Å². The molecule has 0 bridgehead atoms. The van der Waals surface area contributed by atoms with Gasteiger partial charge in [-0.1, -0.05) is 11.6 Å². The Morgan fingerprint density at radius 2 is 1.93 bits per heavy atom. The fourth-order valence-electron chi connectivity index (χ4n) is 0.869. The van der Waals surface area contributed by atoms with E-state index in [1.807, 2.05) is 0 Å². The molecule has 0 aliphatic rings. The van der Waals surface area contributed by atoms with E-state index in [2.05, 4.69) is 10.6 Å². The number of benzene rings is 1. The fraction of sp³-hybridized carbons (Fsp3) is 0.222. The van der Waals surface area contributed by atoms with Crippen molar-refractivity contribution in [1.82, 2.24) is 5.32 Å². The Bertz CT molecular complexity index is 300. The molecule has 76 valence electrons. The van der Waals surface area contributed by atoms with Crippen LogP contribution in [0.25, 0.3) is 0 Å². The van der Waals surface area contributed by atoms with Crippen molar-refractivity contribution in [2.24, 2.45) is 0 Å². The highest BCUT2D eigenvalue weighted by molar-refractivity contribution is 6.30. The van der Waals surface area contributed by atoms with E-state index in [-0.39, 0.29) is 6.03 Å². The van der Waals surface area contributed by atoms with Crippen LogP contribution in [0.1, 0.15) is 0 Å². The van der Waals surface area contributed by atoms with Gasteiger partial charge in [-0.05, 0) is 24.3 Å². The van der Waals surface area contributed by atoms with Crippen LogP contribution < -0.4 is 10.6 Å². The Hall–Kier alpha value is -0.930. The molecule has 0 aliphatic heterocycles. The van der Waals surface area contributed by atoms with Gasteiger partial charge in [0.2, 0.25) is 0 Å². The molecule has 0 heterocycles. The van der Waals surface area contributed by atoms with E-state index in [0.29, 0.717) is 23.1 Å². The molecule has 0 radical (unpaired) electrons. The van der Waals surface area contributed by atoms with Crippen molar-refractivity contribution in [2.75, 3.05) is 17.7 Å². The van der Waals surface area contributed by atoms with E-state index in [1.54, 1.807) is 24.3 Å². The monoisotopic (exact) mass is 232 g/mol. The van der Waals surface area contributed by atoms with Crippen LogP contribution in [0.4, 0.5) is 10.5 Å². The second kappa shape index (κ2) is 5.73. The predicted molar refractivity (Wildman–Crippen MR) is 59.2 cm³/mol. The third-order valence-electron chi connectivity index (χ3n) is 1.48. The SMILES string of the molecule is O=C(NCCCl)Nc1ccc(Cl)cc1. The molecule has 2 amide bonds. The van der Waals surface area contributed by atoms with Crippen LogP contribution in [-0.4, -0.2) is 18.5 Å². The Balaban J connectivity index is 2.44. The smallest absolute Gasteiger partial charge is 0.319 e. The molecular weight excluding hydrogens is 223 g/mol. The van der Waals surface area contributed by atoms with Crippen LogP contribution in [0.5, 0.6) is 0 Å². The molecule has 14 heavy (non-hydrogen) atoms. The van der Waals surface area contributed by atoms with Gasteiger partial charge in [-0.3, -0.25) is 0 Å². The van der Waals surface area contributed by atoms with Gasteiger partial charge < -0.3 is 10.6 Å². The van der Waals surface area contributed by atoms with Gasteiger partial charge in [0, 0.05) is 23.1 Å². The van der Waals surface area contributed by atoms with Gasteiger partial charge in [0.1, 0.15) is 0 Å². The molecule has 0 fully saturated rings. The number of anilines is 1. The van der Waals surface area contributed by atoms with Crippen molar-refractivity contribution in [3.63, 3.8) is 0 Å². The normalized spacial score (nSPS) is 9.57. The Kier molecular flexibility index (Phi) is 4.56. The third-order valence-corrected chi connectivity index (χ3v) is 1.92. The van der Waals surface area contributed by atoms with Crippen LogP contribution in [0.3, 0.4) is 0 Å². The molecule has 0 aliphatic carbocycles. The Morgan fingerprint density at radius 3 is 2.50 bits per heavy atom. The molecule has 0 atom stereocenters. The maximum absolute atomic E-state index is 11.1. The number of amides is 2. The maximum atomic E-state index is 11.1. The van der Waals surface area contributed by atoms with E-state index < -0.39 is 0 Å². The first-order valence-corrected chi connectivity index (χ1v) is 5.00. The molecule has 0 saturated carbocycles. The number of nitrogens with one attached hydrogen (secondary N) is 2. The van der Waals surface area contributed by atoms with Gasteiger partial charge in [0.25, 0.3) is 0 Å². The summed E-state index contributed by atoms with van der Waals surface area (Å²) in [5.74, 6) is 0.397. The number of carbonyl (C=O) groups is 1. The lowest BCUT2D eigenvalue weighted by molar-refractivity contribution is 0.252. The molecule has 0 spiro atoms. The van der Waals surface area contributed by atoms with Gasteiger partial charge in [0.05, 0.1) is 0 Å². The number of rotatable bonds is 3. The van der Waals surface area contributed by atoms with E-state index >= 15 is 0 Å². The highest BCUT2D eigenvalue weighted by Crippen LogP contribution is 2.12. The summed E-state index contributed by atoms with van der Waals surface area (Å²) >= 11 is 11.1. The molecule has 1 aromatic carbocycles. The highest BCUT2D eigenvalue weighted by Gasteiger charge is 1.99. The first kappa shape index (κ1) is 11.1. The summed E-state index contributed by atoms with van der Waals surface area (Å²) < 4.78 is 0. The quantitative estimate of drug-likeness (QED) is 0.774. The Morgan fingerprint density at radius 1 is 1.29 bits per heavy atom. The largest absolute Gasteiger partial charge is 0.337 e. The zero-order valence-corrected chi connectivity index (χ0v) is 8.90. The minimum Gasteiger partial charge on any atom is -0.337 e. The van der Waals surface area contributed by atoms with E-state index in [9.17, 15) is 4.79 Å². The molecule has 1 aromatic rings. The number of hydrogen-bond donors (Lipinski definition) is 2. The lowest BCUT2D eigenvalue weighted by atomic mass is 10.3. The van der Waals surface area contributed by atoms with Crippen LogP contribution in [0.15, 0.2) is 24.3 Å². The lowest BCUT2D eigenvalue weighted by Gasteiger charge is -2.05. The van der Waals surface area contributed by atoms with Crippen molar-refractivity contribution in [1.29, 1.82) is 0 Å². The Labute approximate surface area is 92.4 Å². The average Bonchev–Trinajstić information content (AvgIpc) is 2.18. The summed E-state index contributed by atoms with van der Waals surface area (Å²) in [7, 11) is 0. The van der Waals surface area contributed by atoms with Gasteiger partial charge in [0.15, 0.2) is 0 Å². The zero-order valence-electron chi connectivity index (χ0n) is 7.39. The summed E-state index contributed by atoms with van der Waals surface area (Å²) in [6.45, 7) is 0.445. The number of carbonyl (C=O) groups excluding carboxylic acids is 1. The van der Waals surface area contributed by atoms with Crippen LogP contribution in [0.2, 0.25) is 5.02 Å². The molecule has 2 N–H and O–H groups in total. The number of alkyl halides is 1. The number of urea groups is 1. The second-order valence-electron chi connectivity index (χ2n) is 2.58. The van der Waals surface area contributed by atoms with Crippen molar-refractivity contribution in [3.05, 3.63) is 29.3 Å². The topological polar surface area (TPSA) is 41.1 Å². The number of halogens is 2. The minimum absolute atomic E-state index is 0.270.